The van der Waals surface area contributed by atoms with Crippen molar-refractivity contribution >= 4 is 15.7 Å². The summed E-state index contributed by atoms with van der Waals surface area (Å²) in [6.07, 6.45) is 2.72. The summed E-state index contributed by atoms with van der Waals surface area (Å²) in [5, 5.41) is 14.2. The molecule has 8 nitrogen and oxygen atoms in total. The maximum atomic E-state index is 13.9. The van der Waals surface area contributed by atoms with Crippen LogP contribution in [0, 0.1) is 21.8 Å². The zero-order chi connectivity index (χ0) is 17.7. The number of hydrogen-bond donors (Lipinski definition) is 2. The number of sulfonamides is 1. The molecule has 1 heterocycles. The molecule has 0 saturated carbocycles. The lowest BCUT2D eigenvalue weighted by Gasteiger charge is -2.22. The largest absolute Gasteiger partial charge is 0.488 e. The molecular weight excluding hydrogens is 341 g/mol. The SMILES string of the molecule is COc1c(F)cc(S(=O)(=O)NCCC2CCCNC2)cc1[N+](=O)[O-]. The van der Waals surface area contributed by atoms with Gasteiger partial charge in [-0.15, -0.1) is 0 Å². The second-order valence-corrected chi connectivity index (χ2v) is 7.38. The number of nitrogens with zero attached hydrogens (tertiary/aromatic N) is 1. The molecule has 0 aliphatic carbocycles. The summed E-state index contributed by atoms with van der Waals surface area (Å²) >= 11 is 0. The summed E-state index contributed by atoms with van der Waals surface area (Å²) in [5.41, 5.74) is -0.727. The Morgan fingerprint density at radius 2 is 2.25 bits per heavy atom. The van der Waals surface area contributed by atoms with Gasteiger partial charge in [0.25, 0.3) is 0 Å². The van der Waals surface area contributed by atoms with Crippen LogP contribution in [0.25, 0.3) is 0 Å². The highest BCUT2D eigenvalue weighted by Gasteiger charge is 2.26. The van der Waals surface area contributed by atoms with Crippen LogP contribution in [-0.4, -0.2) is 40.1 Å². The Hall–Kier alpha value is -1.78. The first-order valence-electron chi connectivity index (χ1n) is 7.57. The summed E-state index contributed by atoms with van der Waals surface area (Å²) in [6.45, 7) is 2.00. The van der Waals surface area contributed by atoms with E-state index in [-0.39, 0.29) is 6.54 Å². The van der Waals surface area contributed by atoms with E-state index in [1.165, 1.54) is 0 Å². The molecule has 1 aliphatic rings. The molecule has 24 heavy (non-hydrogen) atoms. The summed E-state index contributed by atoms with van der Waals surface area (Å²) in [4.78, 5) is 9.60. The fraction of sp³-hybridized carbons (Fsp3) is 0.571. The summed E-state index contributed by atoms with van der Waals surface area (Å²) in [6, 6.07) is 1.52. The van der Waals surface area contributed by atoms with E-state index in [0.717, 1.165) is 45.2 Å². The molecule has 1 aromatic carbocycles. The van der Waals surface area contributed by atoms with Gasteiger partial charge in [-0.05, 0) is 44.3 Å². The summed E-state index contributed by atoms with van der Waals surface area (Å²) < 4.78 is 45.4. The van der Waals surface area contributed by atoms with Crippen LogP contribution >= 0.6 is 0 Å². The number of nitro groups is 1. The number of nitrogens with one attached hydrogen (secondary N) is 2. The van der Waals surface area contributed by atoms with Gasteiger partial charge >= 0.3 is 5.69 Å². The molecule has 1 unspecified atom stereocenters. The first kappa shape index (κ1) is 18.6. The highest BCUT2D eigenvalue weighted by molar-refractivity contribution is 7.89. The van der Waals surface area contributed by atoms with Crippen LogP contribution in [-0.2, 0) is 10.0 Å². The van der Waals surface area contributed by atoms with E-state index in [0.29, 0.717) is 12.3 Å². The van der Waals surface area contributed by atoms with Crippen molar-refractivity contribution in [2.24, 2.45) is 5.92 Å². The maximum absolute atomic E-state index is 13.9. The molecule has 0 amide bonds. The Morgan fingerprint density at radius 1 is 1.50 bits per heavy atom. The highest BCUT2D eigenvalue weighted by Crippen LogP contribution is 2.32. The van der Waals surface area contributed by atoms with E-state index in [2.05, 4.69) is 14.8 Å². The third kappa shape index (κ3) is 4.40. The van der Waals surface area contributed by atoms with Gasteiger partial charge in [-0.25, -0.2) is 17.5 Å². The lowest BCUT2D eigenvalue weighted by atomic mass is 9.96. The van der Waals surface area contributed by atoms with Crippen molar-refractivity contribution in [1.29, 1.82) is 0 Å². The van der Waals surface area contributed by atoms with Gasteiger partial charge < -0.3 is 10.1 Å². The van der Waals surface area contributed by atoms with Crippen LogP contribution in [0.15, 0.2) is 17.0 Å². The normalized spacial score (nSPS) is 18.3. The molecule has 0 radical (unpaired) electrons. The van der Waals surface area contributed by atoms with Crippen LogP contribution in [0.3, 0.4) is 0 Å². The minimum absolute atomic E-state index is 0.191. The molecule has 1 aromatic rings. The third-order valence-electron chi connectivity index (χ3n) is 3.95. The number of rotatable bonds is 7. The topological polar surface area (TPSA) is 111 Å². The van der Waals surface area contributed by atoms with Gasteiger partial charge in [0, 0.05) is 12.6 Å². The van der Waals surface area contributed by atoms with E-state index in [1.807, 2.05) is 0 Å². The zero-order valence-corrected chi connectivity index (χ0v) is 14.1. The second-order valence-electron chi connectivity index (χ2n) is 5.61. The smallest absolute Gasteiger partial charge is 0.315 e. The van der Waals surface area contributed by atoms with Gasteiger partial charge in [-0.3, -0.25) is 10.1 Å². The number of hydrogen-bond acceptors (Lipinski definition) is 6. The number of nitro benzene ring substituents is 1. The van der Waals surface area contributed by atoms with Crippen molar-refractivity contribution in [1.82, 2.24) is 10.0 Å². The van der Waals surface area contributed by atoms with Crippen LogP contribution in [0.5, 0.6) is 5.75 Å². The number of halogens is 1. The molecule has 1 saturated heterocycles. The Morgan fingerprint density at radius 3 is 2.83 bits per heavy atom. The van der Waals surface area contributed by atoms with Gasteiger partial charge in [0.2, 0.25) is 15.8 Å². The Balaban J connectivity index is 2.12. The fourth-order valence-corrected chi connectivity index (χ4v) is 3.78. The lowest BCUT2D eigenvalue weighted by molar-refractivity contribution is -0.386. The second kappa shape index (κ2) is 7.86. The number of methoxy groups -OCH3 is 1. The standard InChI is InChI=1S/C14H20FN3O5S/c1-23-14-12(15)7-11(8-13(14)18(19)20)24(21,22)17-6-4-10-3-2-5-16-9-10/h7-8,10,16-17H,2-6,9H2,1H3. The van der Waals surface area contributed by atoms with E-state index in [9.17, 15) is 22.9 Å². The Kier molecular flexibility index (Phi) is 6.08. The third-order valence-corrected chi connectivity index (χ3v) is 5.39. The van der Waals surface area contributed by atoms with E-state index in [4.69, 9.17) is 0 Å². The molecule has 10 heteroatoms. The van der Waals surface area contributed by atoms with Crippen molar-refractivity contribution in [2.75, 3.05) is 26.7 Å². The van der Waals surface area contributed by atoms with Gasteiger partial charge in [0.1, 0.15) is 0 Å². The van der Waals surface area contributed by atoms with Gasteiger partial charge in [-0.2, -0.15) is 0 Å². The monoisotopic (exact) mass is 361 g/mol. The van der Waals surface area contributed by atoms with Gasteiger partial charge in [0.15, 0.2) is 5.82 Å². The average molecular weight is 361 g/mol. The first-order valence-corrected chi connectivity index (χ1v) is 9.05. The number of piperidine rings is 1. The van der Waals surface area contributed by atoms with Gasteiger partial charge in [-0.1, -0.05) is 0 Å². The lowest BCUT2D eigenvalue weighted by Crippen LogP contribution is -2.33. The van der Waals surface area contributed by atoms with Crippen LogP contribution < -0.4 is 14.8 Å². The van der Waals surface area contributed by atoms with Crippen molar-refractivity contribution in [2.45, 2.75) is 24.2 Å². The minimum Gasteiger partial charge on any atom is -0.488 e. The summed E-state index contributed by atoms with van der Waals surface area (Å²) in [7, 11) is -2.96. The van der Waals surface area contributed by atoms with Gasteiger partial charge in [0.05, 0.1) is 16.9 Å². The Bertz CT molecular complexity index is 705. The summed E-state index contributed by atoms with van der Waals surface area (Å²) in [5.74, 6) is -1.31. The quantitative estimate of drug-likeness (QED) is 0.561. The van der Waals surface area contributed by atoms with Crippen molar-refractivity contribution in [3.8, 4) is 5.75 Å². The van der Waals surface area contributed by atoms with Crippen molar-refractivity contribution < 1.29 is 22.5 Å². The Labute approximate surface area is 139 Å². The molecule has 1 aliphatic heterocycles. The van der Waals surface area contributed by atoms with Crippen molar-refractivity contribution in [3.63, 3.8) is 0 Å². The molecule has 0 aromatic heterocycles. The van der Waals surface area contributed by atoms with Crippen LogP contribution in [0.2, 0.25) is 0 Å². The molecule has 1 fully saturated rings. The molecule has 0 bridgehead atoms. The highest BCUT2D eigenvalue weighted by atomic mass is 32.2. The predicted octanol–water partition coefficient (Wildman–Crippen LogP) is 1.41. The average Bonchev–Trinajstić information content (AvgIpc) is 2.54. The van der Waals surface area contributed by atoms with Crippen LogP contribution in [0.1, 0.15) is 19.3 Å². The number of ether oxygens (including phenoxy) is 1. The fourth-order valence-electron chi connectivity index (χ4n) is 2.70. The zero-order valence-electron chi connectivity index (χ0n) is 13.2. The molecule has 2 N–H and O–H groups in total. The van der Waals surface area contributed by atoms with E-state index in [1.54, 1.807) is 0 Å². The molecule has 134 valence electrons. The molecule has 2 rings (SSSR count). The maximum Gasteiger partial charge on any atom is 0.315 e. The van der Waals surface area contributed by atoms with E-state index < -0.39 is 37.1 Å². The minimum atomic E-state index is -4.04. The predicted molar refractivity (Wildman–Crippen MR) is 85.0 cm³/mol. The van der Waals surface area contributed by atoms with E-state index >= 15 is 0 Å². The first-order chi connectivity index (χ1) is 11.3. The number of benzene rings is 1. The molecular formula is C14H20FN3O5S. The molecule has 1 atom stereocenters. The molecule has 0 spiro atoms. The van der Waals surface area contributed by atoms with Crippen LogP contribution in [0.4, 0.5) is 10.1 Å². The van der Waals surface area contributed by atoms with Crippen molar-refractivity contribution in [3.05, 3.63) is 28.1 Å².